The number of carbonyl (C=O) groups is 1. The van der Waals surface area contributed by atoms with E-state index in [-0.39, 0.29) is 18.0 Å². The quantitative estimate of drug-likeness (QED) is 0.832. The Hall–Kier alpha value is -1.55. The van der Waals surface area contributed by atoms with Crippen molar-refractivity contribution < 1.29 is 4.79 Å². The lowest BCUT2D eigenvalue weighted by Crippen LogP contribution is -2.39. The molecule has 2 rings (SSSR count). The van der Waals surface area contributed by atoms with Gasteiger partial charge in [0.15, 0.2) is 0 Å². The number of rotatable bonds is 5. The van der Waals surface area contributed by atoms with Crippen LogP contribution in [-0.4, -0.2) is 11.9 Å². The van der Waals surface area contributed by atoms with Crippen molar-refractivity contribution in [1.82, 2.24) is 5.32 Å². The second kappa shape index (κ2) is 7.63. The number of hydrogen-bond donors (Lipinski definition) is 2. The van der Waals surface area contributed by atoms with Gasteiger partial charge >= 0.3 is 0 Å². The van der Waals surface area contributed by atoms with Crippen molar-refractivity contribution in [1.29, 1.82) is 0 Å². The van der Waals surface area contributed by atoms with Crippen LogP contribution >= 0.6 is 23.2 Å². The molecular weight excluding hydrogens is 319 g/mol. The van der Waals surface area contributed by atoms with Crippen molar-refractivity contribution in [3.63, 3.8) is 0 Å². The zero-order valence-corrected chi connectivity index (χ0v) is 13.9. The molecule has 0 bridgehead atoms. The van der Waals surface area contributed by atoms with Crippen LogP contribution in [0.4, 0.5) is 5.69 Å². The average Bonchev–Trinajstić information content (AvgIpc) is 2.47. The molecule has 0 aliphatic carbocycles. The first-order valence-corrected chi connectivity index (χ1v) is 7.79. The van der Waals surface area contributed by atoms with Gasteiger partial charge in [-0.2, -0.15) is 0 Å². The molecule has 0 fully saturated rings. The minimum absolute atomic E-state index is 0.0392. The standard InChI is InChI=1S/C17H18Cl2N2O/c1-11(13-6-8-14(18)9-7-13)20-12(2)17(22)21-16-5-3-4-15(19)10-16/h3-12,20H,1-2H3,(H,21,22)/t11-,12+/m0/s1. The lowest BCUT2D eigenvalue weighted by molar-refractivity contribution is -0.117. The molecule has 2 N–H and O–H groups in total. The molecule has 2 aromatic rings. The first-order valence-electron chi connectivity index (χ1n) is 7.03. The molecule has 0 unspecified atom stereocenters. The van der Waals surface area contributed by atoms with Crippen LogP contribution in [0.2, 0.25) is 10.0 Å². The Kier molecular flexibility index (Phi) is 5.83. The van der Waals surface area contributed by atoms with Crippen LogP contribution in [0.1, 0.15) is 25.5 Å². The second-order valence-electron chi connectivity index (χ2n) is 5.16. The summed E-state index contributed by atoms with van der Waals surface area (Å²) in [6, 6.07) is 14.4. The molecule has 0 spiro atoms. The van der Waals surface area contributed by atoms with Crippen LogP contribution in [-0.2, 0) is 4.79 Å². The normalized spacial score (nSPS) is 13.5. The smallest absolute Gasteiger partial charge is 0.241 e. The maximum Gasteiger partial charge on any atom is 0.241 e. The van der Waals surface area contributed by atoms with Gasteiger partial charge in [-0.15, -0.1) is 0 Å². The van der Waals surface area contributed by atoms with Crippen molar-refractivity contribution in [2.45, 2.75) is 25.9 Å². The number of amides is 1. The zero-order valence-electron chi connectivity index (χ0n) is 12.4. The molecule has 0 aliphatic rings. The molecule has 3 nitrogen and oxygen atoms in total. The molecule has 1 amide bonds. The molecule has 0 radical (unpaired) electrons. The lowest BCUT2D eigenvalue weighted by Gasteiger charge is -2.20. The topological polar surface area (TPSA) is 41.1 Å². The van der Waals surface area contributed by atoms with Gasteiger partial charge in [-0.05, 0) is 49.7 Å². The number of nitrogens with one attached hydrogen (secondary N) is 2. The van der Waals surface area contributed by atoms with Gasteiger partial charge in [0.25, 0.3) is 0 Å². The Morgan fingerprint density at radius 3 is 2.32 bits per heavy atom. The van der Waals surface area contributed by atoms with E-state index in [0.29, 0.717) is 15.7 Å². The number of carbonyl (C=O) groups excluding carboxylic acids is 1. The third kappa shape index (κ3) is 4.73. The first kappa shape index (κ1) is 16.8. The molecule has 0 heterocycles. The molecule has 2 atom stereocenters. The predicted octanol–water partition coefficient (Wildman–Crippen LogP) is 4.67. The minimum Gasteiger partial charge on any atom is -0.325 e. The van der Waals surface area contributed by atoms with E-state index in [9.17, 15) is 4.79 Å². The number of anilines is 1. The van der Waals surface area contributed by atoms with Crippen LogP contribution in [0.3, 0.4) is 0 Å². The number of halogens is 2. The van der Waals surface area contributed by atoms with Crippen molar-refractivity contribution in [2.24, 2.45) is 0 Å². The Balaban J connectivity index is 1.94. The highest BCUT2D eigenvalue weighted by molar-refractivity contribution is 6.31. The molecule has 0 saturated carbocycles. The fourth-order valence-electron chi connectivity index (χ4n) is 2.12. The van der Waals surface area contributed by atoms with E-state index in [1.54, 1.807) is 24.3 Å². The molecule has 2 aromatic carbocycles. The van der Waals surface area contributed by atoms with Crippen LogP contribution in [0.25, 0.3) is 0 Å². The SMILES string of the molecule is C[C@H](N[C@H](C)C(=O)Nc1cccc(Cl)c1)c1ccc(Cl)cc1. The summed E-state index contributed by atoms with van der Waals surface area (Å²) in [5.41, 5.74) is 1.76. The third-order valence-corrected chi connectivity index (χ3v) is 3.84. The highest BCUT2D eigenvalue weighted by atomic mass is 35.5. The van der Waals surface area contributed by atoms with E-state index in [2.05, 4.69) is 10.6 Å². The average molecular weight is 337 g/mol. The van der Waals surface area contributed by atoms with E-state index in [4.69, 9.17) is 23.2 Å². The van der Waals surface area contributed by atoms with Crippen LogP contribution in [0, 0.1) is 0 Å². The minimum atomic E-state index is -0.343. The van der Waals surface area contributed by atoms with Crippen molar-refractivity contribution in [2.75, 3.05) is 5.32 Å². The Bertz CT molecular complexity index is 643. The summed E-state index contributed by atoms with van der Waals surface area (Å²) >= 11 is 11.8. The highest BCUT2D eigenvalue weighted by Crippen LogP contribution is 2.18. The van der Waals surface area contributed by atoms with Crippen LogP contribution < -0.4 is 10.6 Å². The van der Waals surface area contributed by atoms with Crippen LogP contribution in [0.15, 0.2) is 48.5 Å². The number of benzene rings is 2. The predicted molar refractivity (Wildman–Crippen MR) is 92.5 cm³/mol. The van der Waals surface area contributed by atoms with Gasteiger partial charge in [0, 0.05) is 21.8 Å². The summed E-state index contributed by atoms with van der Waals surface area (Å²) in [7, 11) is 0. The fourth-order valence-corrected chi connectivity index (χ4v) is 2.43. The van der Waals surface area contributed by atoms with E-state index >= 15 is 0 Å². The van der Waals surface area contributed by atoms with Gasteiger partial charge in [-0.3, -0.25) is 10.1 Å². The van der Waals surface area contributed by atoms with E-state index < -0.39 is 0 Å². The first-order chi connectivity index (χ1) is 10.5. The van der Waals surface area contributed by atoms with Gasteiger partial charge in [0.05, 0.1) is 6.04 Å². The molecular formula is C17H18Cl2N2O. The van der Waals surface area contributed by atoms with Gasteiger partial charge < -0.3 is 5.32 Å². The van der Waals surface area contributed by atoms with E-state index in [0.717, 1.165) is 5.56 Å². The summed E-state index contributed by atoms with van der Waals surface area (Å²) in [4.78, 5) is 12.2. The molecule has 116 valence electrons. The maximum absolute atomic E-state index is 12.2. The van der Waals surface area contributed by atoms with Crippen molar-refractivity contribution in [3.05, 3.63) is 64.1 Å². The van der Waals surface area contributed by atoms with E-state index in [1.807, 2.05) is 38.1 Å². The monoisotopic (exact) mass is 336 g/mol. The summed E-state index contributed by atoms with van der Waals surface area (Å²) < 4.78 is 0. The fraction of sp³-hybridized carbons (Fsp3) is 0.235. The molecule has 0 aliphatic heterocycles. The van der Waals surface area contributed by atoms with Crippen molar-refractivity contribution in [3.8, 4) is 0 Å². The Morgan fingerprint density at radius 1 is 1.00 bits per heavy atom. The molecule has 0 saturated heterocycles. The van der Waals surface area contributed by atoms with Gasteiger partial charge in [0.1, 0.15) is 0 Å². The molecule has 5 heteroatoms. The largest absolute Gasteiger partial charge is 0.325 e. The second-order valence-corrected chi connectivity index (χ2v) is 6.03. The van der Waals surface area contributed by atoms with Gasteiger partial charge in [0.2, 0.25) is 5.91 Å². The number of hydrogen-bond acceptors (Lipinski definition) is 2. The summed E-state index contributed by atoms with van der Waals surface area (Å²) in [6.07, 6.45) is 0. The maximum atomic E-state index is 12.2. The van der Waals surface area contributed by atoms with Gasteiger partial charge in [-0.1, -0.05) is 41.4 Å². The summed E-state index contributed by atoms with van der Waals surface area (Å²) in [6.45, 7) is 3.83. The Morgan fingerprint density at radius 2 is 1.68 bits per heavy atom. The third-order valence-electron chi connectivity index (χ3n) is 3.36. The van der Waals surface area contributed by atoms with Gasteiger partial charge in [-0.25, -0.2) is 0 Å². The molecule has 22 heavy (non-hydrogen) atoms. The molecule has 0 aromatic heterocycles. The Labute approximate surface area is 140 Å². The summed E-state index contributed by atoms with van der Waals surface area (Å²) in [5.74, 6) is -0.108. The van der Waals surface area contributed by atoms with Crippen molar-refractivity contribution >= 4 is 34.8 Å². The highest BCUT2D eigenvalue weighted by Gasteiger charge is 2.16. The van der Waals surface area contributed by atoms with Crippen LogP contribution in [0.5, 0.6) is 0 Å². The summed E-state index contributed by atoms with van der Waals surface area (Å²) in [5, 5.41) is 7.39. The van der Waals surface area contributed by atoms with E-state index in [1.165, 1.54) is 0 Å². The lowest BCUT2D eigenvalue weighted by atomic mass is 10.1. The zero-order chi connectivity index (χ0) is 16.1.